The van der Waals surface area contributed by atoms with Crippen LogP contribution in [-0.4, -0.2) is 23.6 Å². The van der Waals surface area contributed by atoms with Crippen LogP contribution in [-0.2, 0) is 12.3 Å². The molecular formula is C16H21N3OS. The zero-order chi connectivity index (χ0) is 14.9. The van der Waals surface area contributed by atoms with E-state index in [4.69, 9.17) is 4.74 Å². The molecular weight excluding hydrogens is 282 g/mol. The first-order chi connectivity index (χ1) is 10.3. The zero-order valence-corrected chi connectivity index (χ0v) is 13.3. The number of methoxy groups -OCH3 is 1. The molecule has 0 saturated heterocycles. The molecule has 0 aliphatic rings. The Balaban J connectivity index is 2.03. The lowest BCUT2D eigenvalue weighted by molar-refractivity contribution is 0.411. The molecule has 21 heavy (non-hydrogen) atoms. The van der Waals surface area contributed by atoms with Crippen molar-refractivity contribution in [3.05, 3.63) is 47.8 Å². The van der Waals surface area contributed by atoms with Crippen molar-refractivity contribution in [1.82, 2.24) is 15.3 Å². The van der Waals surface area contributed by atoms with Crippen LogP contribution in [0, 0.1) is 0 Å². The topological polar surface area (TPSA) is 47.0 Å². The van der Waals surface area contributed by atoms with Gasteiger partial charge in [0, 0.05) is 30.3 Å². The van der Waals surface area contributed by atoms with Gasteiger partial charge in [-0.05, 0) is 36.7 Å². The molecule has 2 rings (SSSR count). The van der Waals surface area contributed by atoms with Crippen LogP contribution in [0.2, 0.25) is 0 Å². The van der Waals surface area contributed by atoms with Gasteiger partial charge in [-0.2, -0.15) is 0 Å². The van der Waals surface area contributed by atoms with Gasteiger partial charge < -0.3 is 10.1 Å². The van der Waals surface area contributed by atoms with Crippen LogP contribution in [0.4, 0.5) is 0 Å². The predicted molar refractivity (Wildman–Crippen MR) is 86.6 cm³/mol. The molecule has 0 spiro atoms. The molecule has 1 heterocycles. The molecule has 0 aliphatic heterocycles. The molecule has 1 aromatic carbocycles. The molecule has 0 atom stereocenters. The first kappa shape index (κ1) is 15.8. The molecule has 1 aromatic heterocycles. The van der Waals surface area contributed by atoms with Gasteiger partial charge in [-0.15, -0.1) is 0 Å². The smallest absolute Gasteiger partial charge is 0.187 e. The average molecular weight is 303 g/mol. The van der Waals surface area contributed by atoms with Gasteiger partial charge in [0.05, 0.1) is 7.11 Å². The fraction of sp³-hybridized carbons (Fsp3) is 0.375. The van der Waals surface area contributed by atoms with E-state index in [0.717, 1.165) is 36.2 Å². The van der Waals surface area contributed by atoms with E-state index in [-0.39, 0.29) is 0 Å². The number of aromatic nitrogens is 2. The third-order valence-electron chi connectivity index (χ3n) is 3.00. The number of nitrogens with zero attached hydrogens (tertiary/aromatic N) is 2. The van der Waals surface area contributed by atoms with Crippen molar-refractivity contribution in [3.63, 3.8) is 0 Å². The van der Waals surface area contributed by atoms with E-state index in [1.807, 2.05) is 12.1 Å². The molecule has 112 valence electrons. The summed E-state index contributed by atoms with van der Waals surface area (Å²) in [4.78, 5) is 8.46. The van der Waals surface area contributed by atoms with Gasteiger partial charge in [-0.1, -0.05) is 24.8 Å². The summed E-state index contributed by atoms with van der Waals surface area (Å²) < 4.78 is 5.44. The highest BCUT2D eigenvalue weighted by Gasteiger charge is 2.06. The molecule has 0 saturated carbocycles. The third kappa shape index (κ3) is 5.02. The van der Waals surface area contributed by atoms with Crippen molar-refractivity contribution in [1.29, 1.82) is 0 Å². The van der Waals surface area contributed by atoms with Gasteiger partial charge in [0.25, 0.3) is 0 Å². The van der Waals surface area contributed by atoms with E-state index < -0.39 is 0 Å². The van der Waals surface area contributed by atoms with Crippen LogP contribution in [0.5, 0.6) is 5.75 Å². The van der Waals surface area contributed by atoms with Crippen LogP contribution in [0.1, 0.15) is 24.5 Å². The fourth-order valence-corrected chi connectivity index (χ4v) is 2.75. The molecule has 0 fully saturated rings. The number of nitrogens with one attached hydrogen (secondary N) is 1. The predicted octanol–water partition coefficient (Wildman–Crippen LogP) is 3.28. The van der Waals surface area contributed by atoms with Gasteiger partial charge in [0.15, 0.2) is 5.16 Å². The van der Waals surface area contributed by atoms with Crippen molar-refractivity contribution in [2.45, 2.75) is 30.8 Å². The lowest BCUT2D eigenvalue weighted by atomic mass is 10.1. The quantitative estimate of drug-likeness (QED) is 0.461. The van der Waals surface area contributed by atoms with Crippen LogP contribution in [0.25, 0.3) is 0 Å². The first-order valence-electron chi connectivity index (χ1n) is 7.09. The zero-order valence-electron chi connectivity index (χ0n) is 12.5. The lowest BCUT2D eigenvalue weighted by Crippen LogP contribution is -2.13. The summed E-state index contributed by atoms with van der Waals surface area (Å²) in [6.45, 7) is 4.09. The van der Waals surface area contributed by atoms with Gasteiger partial charge in [-0.25, -0.2) is 9.97 Å². The summed E-state index contributed by atoms with van der Waals surface area (Å²) in [5.41, 5.74) is 2.44. The largest absolute Gasteiger partial charge is 0.496 e. The van der Waals surface area contributed by atoms with Crippen LogP contribution < -0.4 is 10.1 Å². The summed E-state index contributed by atoms with van der Waals surface area (Å²) in [6.07, 6.45) is 4.67. The second kappa shape index (κ2) is 8.64. The van der Waals surface area contributed by atoms with E-state index in [9.17, 15) is 0 Å². The Morgan fingerprint density at radius 1 is 1.24 bits per heavy atom. The highest BCUT2D eigenvalue weighted by atomic mass is 32.2. The molecule has 2 aromatic rings. The Labute approximate surface area is 130 Å². The van der Waals surface area contributed by atoms with Crippen LogP contribution >= 0.6 is 11.8 Å². The van der Waals surface area contributed by atoms with Gasteiger partial charge in [-0.3, -0.25) is 0 Å². The second-order valence-corrected chi connectivity index (χ2v) is 5.59. The van der Waals surface area contributed by atoms with Crippen molar-refractivity contribution in [2.75, 3.05) is 13.7 Å². The number of rotatable bonds is 8. The normalized spacial score (nSPS) is 10.6. The molecule has 0 aliphatic carbocycles. The lowest BCUT2D eigenvalue weighted by Gasteiger charge is -2.11. The van der Waals surface area contributed by atoms with Crippen molar-refractivity contribution >= 4 is 11.8 Å². The average Bonchev–Trinajstić information content (AvgIpc) is 2.54. The Hall–Kier alpha value is -1.59. The molecule has 0 bridgehead atoms. The minimum absolute atomic E-state index is 0.786. The summed E-state index contributed by atoms with van der Waals surface area (Å²) >= 11 is 1.62. The maximum Gasteiger partial charge on any atom is 0.187 e. The Morgan fingerprint density at radius 2 is 2.05 bits per heavy atom. The van der Waals surface area contributed by atoms with E-state index >= 15 is 0 Å². The maximum absolute atomic E-state index is 5.44. The standard InChI is InChI=1S/C16H21N3OS/c1-3-7-17-11-13-5-6-15(20-2)14(10-13)12-21-16-18-8-4-9-19-16/h4-6,8-10,17H,3,7,11-12H2,1-2H3. The van der Waals surface area contributed by atoms with Crippen molar-refractivity contribution < 1.29 is 4.74 Å². The SMILES string of the molecule is CCCNCc1ccc(OC)c(CSc2ncccn2)c1. The number of ether oxygens (including phenoxy) is 1. The van der Waals surface area contributed by atoms with E-state index in [1.54, 1.807) is 31.3 Å². The van der Waals surface area contributed by atoms with Crippen molar-refractivity contribution in [3.8, 4) is 5.75 Å². The van der Waals surface area contributed by atoms with E-state index in [2.05, 4.69) is 34.3 Å². The van der Waals surface area contributed by atoms with Gasteiger partial charge in [0.2, 0.25) is 0 Å². The fourth-order valence-electron chi connectivity index (χ4n) is 1.97. The Bertz CT molecular complexity index is 548. The minimum Gasteiger partial charge on any atom is -0.496 e. The molecule has 1 N–H and O–H groups in total. The van der Waals surface area contributed by atoms with E-state index in [1.165, 1.54) is 11.1 Å². The number of thioether (sulfide) groups is 1. The maximum atomic E-state index is 5.44. The second-order valence-electron chi connectivity index (χ2n) is 4.64. The molecule has 4 nitrogen and oxygen atoms in total. The van der Waals surface area contributed by atoms with Gasteiger partial charge >= 0.3 is 0 Å². The highest BCUT2D eigenvalue weighted by Crippen LogP contribution is 2.27. The number of benzene rings is 1. The molecule has 5 heteroatoms. The molecule has 0 amide bonds. The number of hydrogen-bond donors (Lipinski definition) is 1. The van der Waals surface area contributed by atoms with Crippen molar-refractivity contribution in [2.24, 2.45) is 0 Å². The van der Waals surface area contributed by atoms with Crippen LogP contribution in [0.3, 0.4) is 0 Å². The molecule has 0 radical (unpaired) electrons. The first-order valence-corrected chi connectivity index (χ1v) is 8.08. The minimum atomic E-state index is 0.786. The summed E-state index contributed by atoms with van der Waals surface area (Å²) in [7, 11) is 1.71. The van der Waals surface area contributed by atoms with E-state index in [0.29, 0.717) is 0 Å². The van der Waals surface area contributed by atoms with Gasteiger partial charge in [0.1, 0.15) is 5.75 Å². The Kier molecular flexibility index (Phi) is 6.50. The number of hydrogen-bond acceptors (Lipinski definition) is 5. The molecule has 0 unspecified atom stereocenters. The van der Waals surface area contributed by atoms with Crippen LogP contribution in [0.15, 0.2) is 41.8 Å². The summed E-state index contributed by atoms with van der Waals surface area (Å²) in [5, 5.41) is 4.20. The third-order valence-corrected chi connectivity index (χ3v) is 3.92. The highest BCUT2D eigenvalue weighted by molar-refractivity contribution is 7.98. The summed E-state index contributed by atoms with van der Waals surface area (Å²) in [5.74, 6) is 1.71. The monoisotopic (exact) mass is 303 g/mol. The summed E-state index contributed by atoms with van der Waals surface area (Å²) in [6, 6.07) is 8.15. The Morgan fingerprint density at radius 3 is 2.76 bits per heavy atom.